The normalized spacial score (nSPS) is 26.9. The zero-order valence-electron chi connectivity index (χ0n) is 26.7. The summed E-state index contributed by atoms with van der Waals surface area (Å²) >= 11 is 5.47. The topological polar surface area (TPSA) is 112 Å². The lowest BCUT2D eigenvalue weighted by atomic mass is 9.70. The molecule has 3 aliphatic rings. The summed E-state index contributed by atoms with van der Waals surface area (Å²) in [6.07, 6.45) is 3.91. The van der Waals surface area contributed by atoms with Crippen LogP contribution >= 0.6 is 27.7 Å². The number of hydrogen-bond donors (Lipinski definition) is 1. The SMILES string of the molecule is C=CCN(Cn1nnc2ccccc21)C(=O)C1N([C@@H](CO)C(C)C)C(=O)[C@@H]2[C@H](C(=O)N(CC=C)Cc3ccccc3)[C@H]3SC12CC3Br. The minimum atomic E-state index is -0.899. The molecule has 3 aliphatic heterocycles. The lowest BCUT2D eigenvalue weighted by Gasteiger charge is -2.41. The highest BCUT2D eigenvalue weighted by molar-refractivity contribution is 9.09. The zero-order chi connectivity index (χ0) is 33.5. The molecule has 2 bridgehead atoms. The second-order valence-corrected chi connectivity index (χ2v) is 15.7. The van der Waals surface area contributed by atoms with Gasteiger partial charge in [-0.1, -0.05) is 89.6 Å². The summed E-state index contributed by atoms with van der Waals surface area (Å²) in [5.74, 6) is -2.12. The molecule has 2 aromatic carbocycles. The number of amides is 3. The van der Waals surface area contributed by atoms with Crippen molar-refractivity contribution in [2.45, 2.75) is 60.4 Å². The molecule has 1 spiro atoms. The third-order valence-corrected chi connectivity index (χ3v) is 13.0. The number of halogens is 1. The number of aromatic nitrogens is 3. The van der Waals surface area contributed by atoms with Crippen LogP contribution in [-0.4, -0.2) is 99.1 Å². The van der Waals surface area contributed by atoms with Crippen LogP contribution in [0, 0.1) is 17.8 Å². The molecule has 0 aliphatic carbocycles. The fraction of sp³-hybridized carbons (Fsp3) is 0.457. The summed E-state index contributed by atoms with van der Waals surface area (Å²) in [6.45, 7) is 12.4. The number of aliphatic hydroxyl groups is 1. The first-order valence-corrected chi connectivity index (χ1v) is 17.8. The number of nitrogens with zero attached hydrogens (tertiary/aromatic N) is 6. The molecule has 1 aromatic heterocycles. The van der Waals surface area contributed by atoms with E-state index >= 15 is 0 Å². The van der Waals surface area contributed by atoms with E-state index < -0.39 is 28.7 Å². The number of benzene rings is 2. The molecule has 3 fully saturated rings. The number of rotatable bonds is 13. The highest BCUT2D eigenvalue weighted by Gasteiger charge is 2.76. The monoisotopic (exact) mass is 720 g/mol. The Hall–Kier alpha value is -3.48. The molecule has 6 rings (SSSR count). The van der Waals surface area contributed by atoms with Gasteiger partial charge in [0.05, 0.1) is 34.7 Å². The predicted molar refractivity (Wildman–Crippen MR) is 186 cm³/mol. The van der Waals surface area contributed by atoms with Gasteiger partial charge in [0.15, 0.2) is 0 Å². The van der Waals surface area contributed by atoms with Crippen molar-refractivity contribution in [3.8, 4) is 0 Å². The fourth-order valence-corrected chi connectivity index (χ4v) is 11.3. The lowest BCUT2D eigenvalue weighted by Crippen LogP contribution is -2.59. The second-order valence-electron chi connectivity index (χ2n) is 13.0. The van der Waals surface area contributed by atoms with Crippen LogP contribution in [0.15, 0.2) is 79.9 Å². The lowest BCUT2D eigenvalue weighted by molar-refractivity contribution is -0.148. The quantitative estimate of drug-likeness (QED) is 0.209. The van der Waals surface area contributed by atoms with E-state index in [1.165, 1.54) is 0 Å². The highest BCUT2D eigenvalue weighted by Crippen LogP contribution is 2.68. The smallest absolute Gasteiger partial charge is 0.248 e. The van der Waals surface area contributed by atoms with Crippen LogP contribution in [0.5, 0.6) is 0 Å². The van der Waals surface area contributed by atoms with Gasteiger partial charge in [-0.15, -0.1) is 30.0 Å². The van der Waals surface area contributed by atoms with Gasteiger partial charge < -0.3 is 19.8 Å². The van der Waals surface area contributed by atoms with Crippen LogP contribution in [0.1, 0.15) is 25.8 Å². The van der Waals surface area contributed by atoms with Crippen molar-refractivity contribution in [2.75, 3.05) is 19.7 Å². The predicted octanol–water partition coefficient (Wildman–Crippen LogP) is 4.10. The number of thioether (sulfide) groups is 1. The summed E-state index contributed by atoms with van der Waals surface area (Å²) in [5.41, 5.74) is 2.48. The Morgan fingerprint density at radius 3 is 2.45 bits per heavy atom. The average molecular weight is 722 g/mol. The summed E-state index contributed by atoms with van der Waals surface area (Å²) in [7, 11) is 0. The van der Waals surface area contributed by atoms with Gasteiger partial charge in [0.25, 0.3) is 0 Å². The molecule has 1 N–H and O–H groups in total. The maximum Gasteiger partial charge on any atom is 0.248 e. The number of para-hydroxylation sites is 1. The van der Waals surface area contributed by atoms with E-state index in [-0.39, 0.29) is 53.5 Å². The number of aliphatic hydroxyl groups excluding tert-OH is 1. The number of alkyl halides is 1. The Morgan fingerprint density at radius 1 is 1.09 bits per heavy atom. The van der Waals surface area contributed by atoms with E-state index in [9.17, 15) is 19.5 Å². The molecule has 4 heterocycles. The molecule has 248 valence electrons. The molecular formula is C35H41BrN6O4S. The van der Waals surface area contributed by atoms with E-state index in [4.69, 9.17) is 0 Å². The van der Waals surface area contributed by atoms with E-state index in [1.54, 1.807) is 43.3 Å². The van der Waals surface area contributed by atoms with Crippen molar-refractivity contribution >= 4 is 56.4 Å². The van der Waals surface area contributed by atoms with Gasteiger partial charge in [0.2, 0.25) is 17.7 Å². The van der Waals surface area contributed by atoms with Gasteiger partial charge in [-0.05, 0) is 30.0 Å². The number of fused-ring (bicyclic) bond motifs is 2. The molecule has 3 saturated heterocycles. The van der Waals surface area contributed by atoms with Crippen molar-refractivity contribution in [2.24, 2.45) is 17.8 Å². The van der Waals surface area contributed by atoms with Gasteiger partial charge in [0.1, 0.15) is 18.2 Å². The van der Waals surface area contributed by atoms with Crippen molar-refractivity contribution < 1.29 is 19.5 Å². The van der Waals surface area contributed by atoms with Gasteiger partial charge in [-0.2, -0.15) is 0 Å². The van der Waals surface area contributed by atoms with E-state index in [0.29, 0.717) is 25.0 Å². The zero-order valence-corrected chi connectivity index (χ0v) is 29.1. The maximum atomic E-state index is 15.0. The highest BCUT2D eigenvalue weighted by atomic mass is 79.9. The van der Waals surface area contributed by atoms with E-state index in [1.807, 2.05) is 68.4 Å². The molecule has 10 nitrogen and oxygen atoms in total. The summed E-state index contributed by atoms with van der Waals surface area (Å²) in [5, 5.41) is 19.0. The number of carbonyl (C=O) groups is 3. The Kier molecular flexibility index (Phi) is 9.64. The minimum Gasteiger partial charge on any atom is -0.394 e. The molecule has 3 amide bonds. The van der Waals surface area contributed by atoms with E-state index in [0.717, 1.165) is 11.1 Å². The van der Waals surface area contributed by atoms with Crippen LogP contribution in [0.2, 0.25) is 0 Å². The summed E-state index contributed by atoms with van der Waals surface area (Å²) in [4.78, 5) is 49.3. The molecule has 3 aromatic rings. The standard InChI is InChI=1S/C35H41BrN6O4S/c1-5-16-39(19-23-12-8-7-9-13-23)32(44)28-29-33(45)42(27(20-43)22(3)4)31(35(29)18-24(36)30(28)47-35)34(46)40(17-6-2)21-41-26-15-11-10-14-25(26)37-38-41/h5-15,22,24,27-31,43H,1-2,16-21H2,3-4H3/t24?,27-,28-,29-,30-,31?,35?/m0/s1. The van der Waals surface area contributed by atoms with Crippen molar-refractivity contribution in [3.63, 3.8) is 0 Å². The van der Waals surface area contributed by atoms with Crippen LogP contribution < -0.4 is 0 Å². The molecule has 12 heteroatoms. The Balaban J connectivity index is 1.41. The van der Waals surface area contributed by atoms with Crippen LogP contribution in [0.3, 0.4) is 0 Å². The number of carbonyl (C=O) groups excluding carboxylic acids is 3. The first-order chi connectivity index (χ1) is 22.7. The Bertz CT molecular complexity index is 1670. The number of likely N-dealkylation sites (tertiary alicyclic amines) is 1. The van der Waals surface area contributed by atoms with Crippen LogP contribution in [-0.2, 0) is 27.6 Å². The molecule has 47 heavy (non-hydrogen) atoms. The van der Waals surface area contributed by atoms with Crippen molar-refractivity contribution in [1.82, 2.24) is 29.7 Å². The third kappa shape index (κ3) is 5.72. The first-order valence-electron chi connectivity index (χ1n) is 16.0. The molecule has 7 atom stereocenters. The van der Waals surface area contributed by atoms with Gasteiger partial charge in [-0.25, -0.2) is 4.68 Å². The molecule has 3 unspecified atom stereocenters. The van der Waals surface area contributed by atoms with Gasteiger partial charge in [-0.3, -0.25) is 14.4 Å². The largest absolute Gasteiger partial charge is 0.394 e. The number of hydrogen-bond acceptors (Lipinski definition) is 7. The third-order valence-electron chi connectivity index (χ3n) is 9.82. The maximum absolute atomic E-state index is 15.0. The van der Waals surface area contributed by atoms with Crippen molar-refractivity contribution in [3.05, 3.63) is 85.5 Å². The van der Waals surface area contributed by atoms with Crippen LogP contribution in [0.4, 0.5) is 0 Å². The van der Waals surface area contributed by atoms with Crippen LogP contribution in [0.25, 0.3) is 11.0 Å². The average Bonchev–Trinajstić information content (AvgIpc) is 3.78. The Morgan fingerprint density at radius 2 is 1.77 bits per heavy atom. The first kappa shape index (κ1) is 33.4. The summed E-state index contributed by atoms with van der Waals surface area (Å²) < 4.78 is 0.806. The van der Waals surface area contributed by atoms with E-state index in [2.05, 4.69) is 39.4 Å². The molecular weight excluding hydrogens is 680 g/mol. The minimum absolute atomic E-state index is 0.0817. The Labute approximate surface area is 288 Å². The van der Waals surface area contributed by atoms with Gasteiger partial charge in [0, 0.05) is 29.7 Å². The fourth-order valence-electron chi connectivity index (χ4n) is 7.74. The van der Waals surface area contributed by atoms with Crippen molar-refractivity contribution in [1.29, 1.82) is 0 Å². The van der Waals surface area contributed by atoms with Gasteiger partial charge >= 0.3 is 0 Å². The molecule has 0 radical (unpaired) electrons. The second kappa shape index (κ2) is 13.6. The molecule has 0 saturated carbocycles. The summed E-state index contributed by atoms with van der Waals surface area (Å²) in [6, 6.07) is 15.8.